The molecule has 3 aromatic heterocycles. The molecule has 3 heterocycles. The molecule has 0 aliphatic carbocycles. The van der Waals surface area contributed by atoms with Crippen LogP contribution < -0.4 is 4.74 Å². The van der Waals surface area contributed by atoms with Crippen LogP contribution in [0.15, 0.2) is 24.4 Å². The molecule has 23 heavy (non-hydrogen) atoms. The van der Waals surface area contributed by atoms with Gasteiger partial charge in [-0.1, -0.05) is 6.92 Å². The fourth-order valence-corrected chi connectivity index (χ4v) is 2.70. The number of rotatable bonds is 4. The number of nitrogens with one attached hydrogen (secondary N) is 1. The Labute approximate surface area is 135 Å². The summed E-state index contributed by atoms with van der Waals surface area (Å²) in [5.41, 5.74) is 7.13. The highest BCUT2D eigenvalue weighted by Crippen LogP contribution is 2.29. The second-order valence-electron chi connectivity index (χ2n) is 5.47. The molecule has 0 radical (unpaired) electrons. The van der Waals surface area contributed by atoms with Crippen molar-refractivity contribution in [2.45, 2.75) is 27.2 Å². The molecule has 3 aromatic rings. The van der Waals surface area contributed by atoms with Gasteiger partial charge >= 0.3 is 0 Å². The molecule has 3 rings (SSSR count). The summed E-state index contributed by atoms with van der Waals surface area (Å²) in [6.07, 6.45) is 2.74. The minimum atomic E-state index is 0.00127. The van der Waals surface area contributed by atoms with Gasteiger partial charge in [-0.2, -0.15) is 5.26 Å². The fourth-order valence-electron chi connectivity index (χ4n) is 2.70. The van der Waals surface area contributed by atoms with Crippen molar-refractivity contribution in [1.82, 2.24) is 15.0 Å². The highest BCUT2D eigenvalue weighted by atomic mass is 16.5. The van der Waals surface area contributed by atoms with E-state index in [0.717, 1.165) is 45.5 Å². The number of pyridine rings is 2. The van der Waals surface area contributed by atoms with Crippen LogP contribution in [-0.2, 0) is 6.42 Å². The number of ether oxygens (including phenoxy) is 1. The lowest BCUT2D eigenvalue weighted by Crippen LogP contribution is -2.01. The molecular formula is C18H18N4O. The number of hydrogen-bond acceptors (Lipinski definition) is 4. The molecule has 0 aromatic carbocycles. The van der Waals surface area contributed by atoms with Gasteiger partial charge in [0.15, 0.2) is 6.61 Å². The van der Waals surface area contributed by atoms with Gasteiger partial charge < -0.3 is 9.72 Å². The highest BCUT2D eigenvalue weighted by Gasteiger charge is 2.13. The average Bonchev–Trinajstić information content (AvgIpc) is 2.92. The standard InChI is InChI=1S/C18H18N4O/c1-4-14-13(5-6-16(21-14)23-8-7-19)17-11(2)9-15-18(22-17)12(3)10-20-15/h5-6,9-10,20H,4,8H2,1-3H3. The van der Waals surface area contributed by atoms with E-state index in [2.05, 4.69) is 29.9 Å². The summed E-state index contributed by atoms with van der Waals surface area (Å²) in [6, 6.07) is 7.84. The average molecular weight is 306 g/mol. The zero-order valence-electron chi connectivity index (χ0n) is 13.5. The smallest absolute Gasteiger partial charge is 0.214 e. The van der Waals surface area contributed by atoms with E-state index < -0.39 is 0 Å². The third-order valence-electron chi connectivity index (χ3n) is 3.85. The molecule has 0 fully saturated rings. The summed E-state index contributed by atoms with van der Waals surface area (Å²) in [6.45, 7) is 6.15. The number of aromatic nitrogens is 3. The highest BCUT2D eigenvalue weighted by molar-refractivity contribution is 5.83. The topological polar surface area (TPSA) is 74.6 Å². The lowest BCUT2D eigenvalue weighted by molar-refractivity contribution is 0.352. The molecule has 5 heteroatoms. The zero-order valence-corrected chi connectivity index (χ0v) is 13.5. The summed E-state index contributed by atoms with van der Waals surface area (Å²) in [7, 11) is 0. The first kappa shape index (κ1) is 15.0. The quantitative estimate of drug-likeness (QED) is 0.797. The van der Waals surface area contributed by atoms with Crippen molar-refractivity contribution in [2.75, 3.05) is 6.61 Å². The van der Waals surface area contributed by atoms with Crippen LogP contribution in [0.3, 0.4) is 0 Å². The Kier molecular flexibility index (Phi) is 3.98. The first-order valence-electron chi connectivity index (χ1n) is 7.59. The molecule has 1 N–H and O–H groups in total. The van der Waals surface area contributed by atoms with E-state index in [4.69, 9.17) is 15.0 Å². The Bertz CT molecular complexity index is 905. The zero-order chi connectivity index (χ0) is 16.4. The van der Waals surface area contributed by atoms with Crippen LogP contribution in [0.4, 0.5) is 0 Å². The van der Waals surface area contributed by atoms with Crippen LogP contribution in [0, 0.1) is 25.2 Å². The molecule has 0 spiro atoms. The van der Waals surface area contributed by atoms with Crippen molar-refractivity contribution in [2.24, 2.45) is 0 Å². The minimum Gasteiger partial charge on any atom is -0.462 e. The predicted octanol–water partition coefficient (Wildman–Crippen LogP) is 3.71. The Hall–Kier alpha value is -2.87. The van der Waals surface area contributed by atoms with Crippen LogP contribution in [0.2, 0.25) is 0 Å². The molecule has 0 amide bonds. The fraction of sp³-hybridized carbons (Fsp3) is 0.278. The third-order valence-corrected chi connectivity index (χ3v) is 3.85. The second kappa shape index (κ2) is 6.09. The maximum Gasteiger partial charge on any atom is 0.214 e. The van der Waals surface area contributed by atoms with E-state index in [1.807, 2.05) is 25.3 Å². The molecule has 0 atom stereocenters. The third kappa shape index (κ3) is 2.76. The number of nitriles is 1. The Morgan fingerprint density at radius 3 is 2.78 bits per heavy atom. The van der Waals surface area contributed by atoms with E-state index in [9.17, 15) is 0 Å². The number of fused-ring (bicyclic) bond motifs is 1. The van der Waals surface area contributed by atoms with Crippen LogP contribution in [0.1, 0.15) is 23.7 Å². The Balaban J connectivity index is 2.12. The molecule has 0 saturated carbocycles. The summed E-state index contributed by atoms with van der Waals surface area (Å²) in [4.78, 5) is 12.6. The Morgan fingerprint density at radius 2 is 2.04 bits per heavy atom. The largest absolute Gasteiger partial charge is 0.462 e. The van der Waals surface area contributed by atoms with Gasteiger partial charge in [0.25, 0.3) is 0 Å². The number of aryl methyl sites for hydroxylation is 3. The van der Waals surface area contributed by atoms with E-state index >= 15 is 0 Å². The van der Waals surface area contributed by atoms with Crippen molar-refractivity contribution in [3.63, 3.8) is 0 Å². The molecule has 0 saturated heterocycles. The van der Waals surface area contributed by atoms with Crippen molar-refractivity contribution in [3.8, 4) is 23.2 Å². The molecule has 0 unspecified atom stereocenters. The van der Waals surface area contributed by atoms with Crippen LogP contribution in [0.5, 0.6) is 5.88 Å². The first-order valence-corrected chi connectivity index (χ1v) is 7.59. The minimum absolute atomic E-state index is 0.00127. The monoisotopic (exact) mass is 306 g/mol. The summed E-state index contributed by atoms with van der Waals surface area (Å²) < 4.78 is 5.30. The molecule has 0 aliphatic rings. The normalized spacial score (nSPS) is 10.7. The van der Waals surface area contributed by atoms with Gasteiger partial charge in [0, 0.05) is 17.8 Å². The van der Waals surface area contributed by atoms with Gasteiger partial charge in [0.1, 0.15) is 6.07 Å². The number of H-pyrrole nitrogens is 1. The van der Waals surface area contributed by atoms with Gasteiger partial charge in [-0.15, -0.1) is 0 Å². The van der Waals surface area contributed by atoms with Gasteiger partial charge in [0.2, 0.25) is 5.88 Å². The number of nitrogens with zero attached hydrogens (tertiary/aromatic N) is 3. The summed E-state index contributed by atoms with van der Waals surface area (Å²) in [5.74, 6) is 0.476. The van der Waals surface area contributed by atoms with Crippen LogP contribution in [-0.4, -0.2) is 21.6 Å². The van der Waals surface area contributed by atoms with Crippen molar-refractivity contribution >= 4 is 11.0 Å². The number of hydrogen-bond donors (Lipinski definition) is 1. The van der Waals surface area contributed by atoms with E-state index in [-0.39, 0.29) is 6.61 Å². The summed E-state index contributed by atoms with van der Waals surface area (Å²) in [5, 5.41) is 8.61. The van der Waals surface area contributed by atoms with E-state index in [1.54, 1.807) is 6.07 Å². The van der Waals surface area contributed by atoms with Crippen molar-refractivity contribution in [3.05, 3.63) is 41.2 Å². The van der Waals surface area contributed by atoms with E-state index in [1.165, 1.54) is 0 Å². The van der Waals surface area contributed by atoms with Crippen LogP contribution >= 0.6 is 0 Å². The molecular weight excluding hydrogens is 288 g/mol. The maximum absolute atomic E-state index is 8.61. The predicted molar refractivity (Wildman–Crippen MR) is 89.3 cm³/mol. The molecule has 0 bridgehead atoms. The van der Waals surface area contributed by atoms with Crippen molar-refractivity contribution < 1.29 is 4.74 Å². The lowest BCUT2D eigenvalue weighted by atomic mass is 10.0. The first-order chi connectivity index (χ1) is 11.1. The van der Waals surface area contributed by atoms with E-state index in [0.29, 0.717) is 5.88 Å². The number of aromatic amines is 1. The maximum atomic E-state index is 8.61. The van der Waals surface area contributed by atoms with Gasteiger partial charge in [-0.25, -0.2) is 9.97 Å². The van der Waals surface area contributed by atoms with Crippen LogP contribution in [0.25, 0.3) is 22.3 Å². The molecule has 0 aliphatic heterocycles. The summed E-state index contributed by atoms with van der Waals surface area (Å²) >= 11 is 0. The van der Waals surface area contributed by atoms with Gasteiger partial charge in [-0.3, -0.25) is 0 Å². The van der Waals surface area contributed by atoms with Gasteiger partial charge in [-0.05, 0) is 43.5 Å². The van der Waals surface area contributed by atoms with Crippen molar-refractivity contribution in [1.29, 1.82) is 5.26 Å². The lowest BCUT2D eigenvalue weighted by Gasteiger charge is -2.11. The van der Waals surface area contributed by atoms with Gasteiger partial charge in [0.05, 0.1) is 22.4 Å². The Morgan fingerprint density at radius 1 is 1.22 bits per heavy atom. The molecule has 116 valence electrons. The SMILES string of the molecule is CCc1nc(OCC#N)ccc1-c1nc2c(C)c[nH]c2cc1C. The molecule has 5 nitrogen and oxygen atoms in total. The second-order valence-corrected chi connectivity index (χ2v) is 5.47.